The van der Waals surface area contributed by atoms with Gasteiger partial charge in [0.05, 0.1) is 5.69 Å². The number of nitrogens with zero attached hydrogens (tertiary/aromatic N) is 1. The molecule has 0 fully saturated rings. The number of anilines is 3. The smallest absolute Gasteiger partial charge is 0.0540 e. The first-order valence-electron chi connectivity index (χ1n) is 16.2. The summed E-state index contributed by atoms with van der Waals surface area (Å²) in [5.74, 6) is 0. The summed E-state index contributed by atoms with van der Waals surface area (Å²) < 4.78 is 0. The maximum absolute atomic E-state index is 2.41. The van der Waals surface area contributed by atoms with Crippen molar-refractivity contribution in [2.45, 2.75) is 0 Å². The van der Waals surface area contributed by atoms with Crippen LogP contribution in [0.5, 0.6) is 0 Å². The molecule has 0 amide bonds. The average Bonchev–Trinajstić information content (AvgIpc) is 3.15. The van der Waals surface area contributed by atoms with Crippen LogP contribution in [-0.4, -0.2) is 0 Å². The van der Waals surface area contributed by atoms with Crippen molar-refractivity contribution in [1.29, 1.82) is 0 Å². The van der Waals surface area contributed by atoms with Crippen molar-refractivity contribution < 1.29 is 0 Å². The van der Waals surface area contributed by atoms with Crippen LogP contribution < -0.4 is 4.90 Å². The van der Waals surface area contributed by atoms with Gasteiger partial charge in [-0.2, -0.15) is 0 Å². The van der Waals surface area contributed by atoms with E-state index < -0.39 is 0 Å². The lowest BCUT2D eigenvalue weighted by molar-refractivity contribution is 1.29. The lowest BCUT2D eigenvalue weighted by Crippen LogP contribution is -2.11. The second kappa shape index (κ2) is 11.3. The van der Waals surface area contributed by atoms with E-state index in [1.54, 1.807) is 0 Å². The van der Waals surface area contributed by atoms with Crippen LogP contribution in [0.4, 0.5) is 17.1 Å². The van der Waals surface area contributed by atoms with Crippen LogP contribution in [0.15, 0.2) is 188 Å². The third kappa shape index (κ3) is 4.72. The third-order valence-corrected chi connectivity index (χ3v) is 9.44. The van der Waals surface area contributed by atoms with E-state index in [0.717, 1.165) is 17.1 Å². The summed E-state index contributed by atoms with van der Waals surface area (Å²) in [6.07, 6.45) is 0. The van der Waals surface area contributed by atoms with Crippen LogP contribution in [0, 0.1) is 0 Å². The lowest BCUT2D eigenvalue weighted by Gasteiger charge is -2.28. The Labute approximate surface area is 274 Å². The van der Waals surface area contributed by atoms with Crippen LogP contribution in [-0.2, 0) is 0 Å². The van der Waals surface area contributed by atoms with E-state index in [9.17, 15) is 0 Å². The van der Waals surface area contributed by atoms with Crippen molar-refractivity contribution in [3.63, 3.8) is 0 Å². The summed E-state index contributed by atoms with van der Waals surface area (Å²) in [6.45, 7) is 0. The minimum atomic E-state index is 1.11. The number of hydrogen-bond acceptors (Lipinski definition) is 1. The molecule has 0 atom stereocenters. The number of hydrogen-bond donors (Lipinski definition) is 0. The van der Waals surface area contributed by atoms with Crippen LogP contribution >= 0.6 is 0 Å². The Kier molecular flexibility index (Phi) is 6.54. The molecule has 9 rings (SSSR count). The molecule has 0 heterocycles. The average molecular weight is 598 g/mol. The van der Waals surface area contributed by atoms with Gasteiger partial charge >= 0.3 is 0 Å². The van der Waals surface area contributed by atoms with Gasteiger partial charge in [0, 0.05) is 16.9 Å². The second-order valence-electron chi connectivity index (χ2n) is 12.1. The fourth-order valence-electron chi connectivity index (χ4n) is 7.17. The topological polar surface area (TPSA) is 3.24 Å². The first-order chi connectivity index (χ1) is 23.3. The molecule has 220 valence electrons. The summed E-state index contributed by atoms with van der Waals surface area (Å²) >= 11 is 0. The summed E-state index contributed by atoms with van der Waals surface area (Å²) in [7, 11) is 0. The highest BCUT2D eigenvalue weighted by Gasteiger charge is 2.19. The molecular formula is C46H31N. The molecule has 0 spiro atoms. The molecule has 0 aliphatic carbocycles. The van der Waals surface area contributed by atoms with E-state index in [1.807, 2.05) is 0 Å². The molecule has 0 radical (unpaired) electrons. The van der Waals surface area contributed by atoms with Gasteiger partial charge < -0.3 is 4.90 Å². The highest BCUT2D eigenvalue weighted by Crippen LogP contribution is 2.44. The molecule has 0 aliphatic rings. The lowest BCUT2D eigenvalue weighted by atomic mass is 9.95. The quantitative estimate of drug-likeness (QED) is 0.178. The van der Waals surface area contributed by atoms with Crippen molar-refractivity contribution in [1.82, 2.24) is 0 Å². The van der Waals surface area contributed by atoms with Crippen LogP contribution in [0.3, 0.4) is 0 Å². The summed E-state index contributed by atoms with van der Waals surface area (Å²) in [5.41, 5.74) is 8.22. The molecule has 0 aliphatic heterocycles. The zero-order valence-corrected chi connectivity index (χ0v) is 25.8. The summed E-state index contributed by atoms with van der Waals surface area (Å²) in [5, 5.41) is 10.1. The Morgan fingerprint density at radius 1 is 0.277 bits per heavy atom. The highest BCUT2D eigenvalue weighted by atomic mass is 15.1. The van der Waals surface area contributed by atoms with Gasteiger partial charge in [0.25, 0.3) is 0 Å². The van der Waals surface area contributed by atoms with E-state index in [4.69, 9.17) is 0 Å². The normalized spacial score (nSPS) is 11.4. The molecule has 47 heavy (non-hydrogen) atoms. The van der Waals surface area contributed by atoms with E-state index in [2.05, 4.69) is 193 Å². The summed E-state index contributed by atoms with van der Waals surface area (Å²) in [4.78, 5) is 2.41. The van der Waals surface area contributed by atoms with Crippen molar-refractivity contribution in [2.24, 2.45) is 0 Å². The number of rotatable bonds is 5. The molecule has 1 nitrogen and oxygen atoms in total. The number of fused-ring (bicyclic) bond motifs is 6. The van der Waals surface area contributed by atoms with Gasteiger partial charge in [0.1, 0.15) is 0 Å². The predicted octanol–water partition coefficient (Wildman–Crippen LogP) is 13.1. The molecule has 9 aromatic carbocycles. The fraction of sp³-hybridized carbons (Fsp3) is 0. The summed E-state index contributed by atoms with van der Waals surface area (Å²) in [6, 6.07) is 68.3. The predicted molar refractivity (Wildman–Crippen MR) is 202 cm³/mol. The van der Waals surface area contributed by atoms with Gasteiger partial charge in [-0.15, -0.1) is 0 Å². The van der Waals surface area contributed by atoms with Gasteiger partial charge in [-0.3, -0.25) is 0 Å². The first kappa shape index (κ1) is 27.2. The molecule has 0 saturated carbocycles. The molecule has 0 bridgehead atoms. The van der Waals surface area contributed by atoms with Crippen molar-refractivity contribution >= 4 is 60.2 Å². The molecule has 0 N–H and O–H groups in total. The SMILES string of the molecule is c1ccc(-c2ccc(N(c3ccc4c(ccc5c6ccccc6ccc45)c3)c3ccccc3-c3cccc4ccccc34)cc2)cc1. The van der Waals surface area contributed by atoms with Gasteiger partial charge in [-0.1, -0.05) is 158 Å². The molecule has 0 unspecified atom stereocenters. The van der Waals surface area contributed by atoms with E-state index >= 15 is 0 Å². The standard InChI is InChI=1S/C46H31N/c1-2-11-32(12-3-1)33-21-25-37(26-22-33)47(46-20-9-8-18-45(46)42-19-10-15-34-13-4-6-16-39(34)42)38-27-30-41-36(31-38)24-29-43-40-17-7-5-14-35(40)23-28-44(41)43/h1-31H. The highest BCUT2D eigenvalue weighted by molar-refractivity contribution is 6.17. The van der Waals surface area contributed by atoms with Crippen molar-refractivity contribution in [3.8, 4) is 22.3 Å². The van der Waals surface area contributed by atoms with E-state index in [-0.39, 0.29) is 0 Å². The van der Waals surface area contributed by atoms with Gasteiger partial charge in [-0.05, 0) is 90.1 Å². The Morgan fingerprint density at radius 2 is 0.809 bits per heavy atom. The van der Waals surface area contributed by atoms with Crippen LogP contribution in [0.2, 0.25) is 0 Å². The minimum absolute atomic E-state index is 1.11. The van der Waals surface area contributed by atoms with E-state index in [0.29, 0.717) is 0 Å². The van der Waals surface area contributed by atoms with Crippen LogP contribution in [0.25, 0.3) is 65.3 Å². The van der Waals surface area contributed by atoms with Gasteiger partial charge in [-0.25, -0.2) is 0 Å². The Hall–Kier alpha value is -6.18. The maximum atomic E-state index is 2.41. The third-order valence-electron chi connectivity index (χ3n) is 9.44. The van der Waals surface area contributed by atoms with Gasteiger partial charge in [0.2, 0.25) is 0 Å². The first-order valence-corrected chi connectivity index (χ1v) is 16.2. The number of benzene rings is 9. The molecule has 9 aromatic rings. The second-order valence-corrected chi connectivity index (χ2v) is 12.1. The minimum Gasteiger partial charge on any atom is -0.310 e. The molecule has 1 heteroatoms. The van der Waals surface area contributed by atoms with Crippen LogP contribution in [0.1, 0.15) is 0 Å². The Bertz CT molecular complexity index is 2560. The van der Waals surface area contributed by atoms with Gasteiger partial charge in [0.15, 0.2) is 0 Å². The zero-order chi connectivity index (χ0) is 31.2. The molecular weight excluding hydrogens is 567 g/mol. The van der Waals surface area contributed by atoms with E-state index in [1.165, 1.54) is 65.3 Å². The zero-order valence-electron chi connectivity index (χ0n) is 25.8. The Morgan fingerprint density at radius 3 is 1.62 bits per heavy atom. The monoisotopic (exact) mass is 597 g/mol. The molecule has 0 saturated heterocycles. The fourth-order valence-corrected chi connectivity index (χ4v) is 7.17. The maximum Gasteiger partial charge on any atom is 0.0540 e. The number of para-hydroxylation sites is 1. The molecule has 0 aromatic heterocycles. The Balaban J connectivity index is 1.25. The largest absolute Gasteiger partial charge is 0.310 e. The van der Waals surface area contributed by atoms with Crippen molar-refractivity contribution in [2.75, 3.05) is 4.90 Å². The van der Waals surface area contributed by atoms with Crippen molar-refractivity contribution in [3.05, 3.63) is 188 Å².